The van der Waals surface area contributed by atoms with Crippen molar-refractivity contribution in [2.24, 2.45) is 0 Å². The molecule has 0 unspecified atom stereocenters. The van der Waals surface area contributed by atoms with Gasteiger partial charge in [-0.25, -0.2) is 14.5 Å². The Morgan fingerprint density at radius 2 is 0.545 bits per heavy atom. The normalized spacial score (nSPS) is 6.70. The van der Waals surface area contributed by atoms with Crippen LogP contribution in [0.15, 0.2) is 72.8 Å². The second kappa shape index (κ2) is 36.7. The maximum Gasteiger partial charge on any atom is 0 e. The molecule has 0 aliphatic heterocycles. The zero-order chi connectivity index (χ0) is 34.8. The van der Waals surface area contributed by atoms with Crippen LogP contribution in [0, 0.1) is 83.3 Å². The van der Waals surface area contributed by atoms with Gasteiger partial charge in [0, 0.05) is 57.5 Å². The summed E-state index contributed by atoms with van der Waals surface area (Å²) in [5, 5.41) is 30.4. The zero-order valence-corrected chi connectivity index (χ0v) is 24.4. The van der Waals surface area contributed by atoms with E-state index in [1.807, 2.05) is 0 Å². The van der Waals surface area contributed by atoms with E-state index in [0.29, 0.717) is 17.1 Å². The molecule has 18 heteroatoms. The van der Waals surface area contributed by atoms with Gasteiger partial charge in [-0.1, -0.05) is 0 Å². The van der Waals surface area contributed by atoms with Crippen molar-refractivity contribution in [3.05, 3.63) is 171 Å². The van der Waals surface area contributed by atoms with Gasteiger partial charge in [-0.2, -0.15) is 0 Å². The third-order valence-electron chi connectivity index (χ3n) is 3.57. The summed E-state index contributed by atoms with van der Waals surface area (Å²) in [5.41, 5.74) is 1.27. The van der Waals surface area contributed by atoms with Crippen molar-refractivity contribution in [3.63, 3.8) is 0 Å². The van der Waals surface area contributed by atoms with E-state index in [1.165, 1.54) is 72.8 Å². The van der Waals surface area contributed by atoms with Crippen LogP contribution >= 0.6 is 0 Å². The van der Waals surface area contributed by atoms with Crippen LogP contribution < -0.4 is 0 Å². The molecule has 44 heavy (non-hydrogen) atoms. The maximum atomic E-state index is 10.1. The SMILES string of the molecule is [C-]#[N+]c1ccc([N+](=O)[O-])cc1.[C-]#[N+]c1ccc([N+](=O)[O-])cc1.[C-]#[N+]c1ccc([N+](=O)[O-])cc1.[C-]#[O+].[C-]#[O+].[C-]#[O+].[C-]#[O+].[C-]#[O+].[W]. The first-order valence-electron chi connectivity index (χ1n) is 9.59. The van der Waals surface area contributed by atoms with Gasteiger partial charge in [-0.3, -0.25) is 30.3 Å². The van der Waals surface area contributed by atoms with Crippen molar-refractivity contribution in [2.45, 2.75) is 0 Å². The minimum absolute atomic E-state index is 0. The van der Waals surface area contributed by atoms with Crippen molar-refractivity contribution in [3.8, 4) is 0 Å². The number of nitro groups is 3. The van der Waals surface area contributed by atoms with Crippen molar-refractivity contribution in [2.75, 3.05) is 0 Å². The standard InChI is InChI=1S/3C7H4N2O2.5CO.W/c3*1-8-6-2-4-7(5-3-6)9(10)11;5*1-2;/h3*2-5H;;;;;;. The molecule has 0 spiro atoms. The monoisotopic (exact) mass is 768 g/mol. The molecule has 17 nitrogen and oxygen atoms in total. The van der Waals surface area contributed by atoms with E-state index in [-0.39, 0.29) is 38.1 Å². The van der Waals surface area contributed by atoms with Crippen molar-refractivity contribution < 1.29 is 59.1 Å². The quantitative estimate of drug-likeness (QED) is 0.129. The van der Waals surface area contributed by atoms with Gasteiger partial charge in [0.2, 0.25) is 0 Å². The molecule has 0 saturated heterocycles. The fourth-order valence-corrected chi connectivity index (χ4v) is 1.95. The molecule has 0 atom stereocenters. The fourth-order valence-electron chi connectivity index (χ4n) is 1.95. The first kappa shape index (κ1) is 50.5. The van der Waals surface area contributed by atoms with E-state index in [4.69, 9.17) is 43.0 Å². The van der Waals surface area contributed by atoms with Crippen molar-refractivity contribution in [1.29, 1.82) is 0 Å². The molecule has 0 amide bonds. The van der Waals surface area contributed by atoms with Gasteiger partial charge >= 0.3 is 56.5 Å². The number of rotatable bonds is 3. The van der Waals surface area contributed by atoms with E-state index in [0.717, 1.165) is 0 Å². The molecule has 0 radical (unpaired) electrons. The summed E-state index contributed by atoms with van der Waals surface area (Å²) in [5.74, 6) is 0. The first-order chi connectivity index (χ1) is 20.7. The predicted molar refractivity (Wildman–Crippen MR) is 138 cm³/mol. The Balaban J connectivity index is -0.000000106. The summed E-state index contributed by atoms with van der Waals surface area (Å²) in [7, 11) is 0. The number of benzene rings is 3. The van der Waals surface area contributed by atoms with E-state index >= 15 is 0 Å². The van der Waals surface area contributed by atoms with Crippen molar-refractivity contribution in [1.82, 2.24) is 0 Å². The molecule has 0 saturated carbocycles. The second-order valence-electron chi connectivity index (χ2n) is 5.66. The maximum absolute atomic E-state index is 10.1. The summed E-state index contributed by atoms with van der Waals surface area (Å²) in [4.78, 5) is 38.2. The summed E-state index contributed by atoms with van der Waals surface area (Å²) < 4.78 is 37.5. The minimum Gasteiger partial charge on any atom is 0 e. The van der Waals surface area contributed by atoms with E-state index in [2.05, 4.69) is 47.8 Å². The van der Waals surface area contributed by atoms with Crippen LogP contribution in [0.2, 0.25) is 0 Å². The second-order valence-corrected chi connectivity index (χ2v) is 5.66. The zero-order valence-electron chi connectivity index (χ0n) is 21.5. The molecule has 0 fully saturated rings. The molecule has 0 aromatic heterocycles. The number of hydrogen-bond donors (Lipinski definition) is 0. The Kier molecular flexibility index (Phi) is 42.2. The Hall–Kier alpha value is -6.28. The van der Waals surface area contributed by atoms with E-state index < -0.39 is 14.8 Å². The number of hydrogen-bond acceptors (Lipinski definition) is 6. The third-order valence-corrected chi connectivity index (χ3v) is 3.57. The number of nitro benzene ring substituents is 3. The van der Waals surface area contributed by atoms with Crippen LogP contribution in [-0.4, -0.2) is 14.8 Å². The Bertz CT molecular complexity index is 1300. The Morgan fingerprint density at radius 1 is 0.409 bits per heavy atom. The smallest absolute Gasteiger partial charge is 0 e. The van der Waals surface area contributed by atoms with Gasteiger partial charge in [0.15, 0.2) is 17.1 Å². The molecule has 0 aliphatic rings. The van der Waals surface area contributed by atoms with Crippen LogP contribution in [0.1, 0.15) is 0 Å². The van der Waals surface area contributed by atoms with Crippen LogP contribution in [-0.2, 0) is 44.3 Å². The Morgan fingerprint density at radius 3 is 0.636 bits per heavy atom. The van der Waals surface area contributed by atoms with Crippen molar-refractivity contribution >= 4 is 34.1 Å². The van der Waals surface area contributed by atoms with Crippen LogP contribution in [0.5, 0.6) is 0 Å². The van der Waals surface area contributed by atoms with Gasteiger partial charge in [0.05, 0.1) is 34.5 Å². The minimum atomic E-state index is -0.492. The molecule has 0 heterocycles. The van der Waals surface area contributed by atoms with E-state index in [1.54, 1.807) is 0 Å². The number of nitrogens with zero attached hydrogens (tertiary/aromatic N) is 6. The number of non-ortho nitro benzene ring substituents is 3. The topological polar surface area (TPSA) is 242 Å². The van der Waals surface area contributed by atoms with Gasteiger partial charge in [0.1, 0.15) is 0 Å². The molecular formula is C26H12N6O11W. The van der Waals surface area contributed by atoms with Crippen LogP contribution in [0.25, 0.3) is 14.5 Å². The molecule has 0 aliphatic carbocycles. The average Bonchev–Trinajstić information content (AvgIpc) is 3.09. The summed E-state index contributed by atoms with van der Waals surface area (Å²) in [6, 6.07) is 16.4. The molecule has 218 valence electrons. The molecular weight excluding hydrogens is 756 g/mol. The van der Waals surface area contributed by atoms with Gasteiger partial charge < -0.3 is 0 Å². The summed E-state index contributed by atoms with van der Waals surface area (Å²) in [6.45, 7) is 42.2. The average molecular weight is 768 g/mol. The van der Waals surface area contributed by atoms with Crippen LogP contribution in [0.4, 0.5) is 34.1 Å². The molecule has 3 aromatic carbocycles. The van der Waals surface area contributed by atoms with E-state index in [9.17, 15) is 30.3 Å². The van der Waals surface area contributed by atoms with Crippen LogP contribution in [0.3, 0.4) is 0 Å². The van der Waals surface area contributed by atoms with Gasteiger partial charge in [-0.15, -0.1) is 0 Å². The largest absolute Gasteiger partial charge is 0 e. The predicted octanol–water partition coefficient (Wildman–Crippen LogP) is 6.25. The third kappa shape index (κ3) is 24.7. The van der Waals surface area contributed by atoms with Gasteiger partial charge in [-0.05, 0) is 36.4 Å². The summed E-state index contributed by atoms with van der Waals surface area (Å²) in [6.07, 6.45) is 0. The molecule has 3 aromatic rings. The van der Waals surface area contributed by atoms with Gasteiger partial charge in [0.25, 0.3) is 17.1 Å². The Labute approximate surface area is 263 Å². The first-order valence-corrected chi connectivity index (χ1v) is 9.59. The molecule has 3 rings (SSSR count). The molecule has 0 bridgehead atoms. The molecule has 0 N–H and O–H groups in total. The summed E-state index contributed by atoms with van der Waals surface area (Å²) >= 11 is 0. The fraction of sp³-hybridized carbons (Fsp3) is 0.